The number of methoxy groups -OCH3 is 1. The minimum Gasteiger partial charge on any atom is -0.495 e. The molecule has 0 bridgehead atoms. The maximum Gasteiger partial charge on any atom is 0.142 e. The van der Waals surface area contributed by atoms with Crippen LogP contribution in [-0.4, -0.2) is 26.2 Å². The SMILES string of the molecule is COc1ccccc1N(C)CC1(N)CCCC1. The van der Waals surface area contributed by atoms with Gasteiger partial charge in [-0.05, 0) is 25.0 Å². The van der Waals surface area contributed by atoms with Crippen molar-refractivity contribution in [1.29, 1.82) is 0 Å². The summed E-state index contributed by atoms with van der Waals surface area (Å²) in [6.45, 7) is 0.896. The molecule has 2 rings (SSSR count). The maximum atomic E-state index is 6.41. The molecule has 0 aromatic heterocycles. The average molecular weight is 234 g/mol. The normalized spacial score (nSPS) is 18.1. The van der Waals surface area contributed by atoms with E-state index in [1.807, 2.05) is 18.2 Å². The van der Waals surface area contributed by atoms with Crippen LogP contribution in [0.2, 0.25) is 0 Å². The van der Waals surface area contributed by atoms with Gasteiger partial charge in [-0.3, -0.25) is 0 Å². The zero-order chi connectivity index (χ0) is 12.3. The van der Waals surface area contributed by atoms with E-state index < -0.39 is 0 Å². The van der Waals surface area contributed by atoms with Crippen LogP contribution in [0.4, 0.5) is 5.69 Å². The van der Waals surface area contributed by atoms with Gasteiger partial charge in [0.2, 0.25) is 0 Å². The minimum atomic E-state index is -0.0183. The second kappa shape index (κ2) is 4.96. The molecular formula is C14H22N2O. The third kappa shape index (κ3) is 2.72. The van der Waals surface area contributed by atoms with Gasteiger partial charge in [0.05, 0.1) is 12.8 Å². The van der Waals surface area contributed by atoms with E-state index in [4.69, 9.17) is 10.5 Å². The Labute approximate surface area is 104 Å². The Morgan fingerprint density at radius 3 is 2.59 bits per heavy atom. The Balaban J connectivity index is 2.11. The van der Waals surface area contributed by atoms with Gasteiger partial charge in [0.25, 0.3) is 0 Å². The summed E-state index contributed by atoms with van der Waals surface area (Å²) in [5, 5.41) is 0. The van der Waals surface area contributed by atoms with E-state index in [9.17, 15) is 0 Å². The standard InChI is InChI=1S/C14H22N2O/c1-16(11-14(15)9-5-6-10-14)12-7-3-4-8-13(12)17-2/h3-4,7-8H,5-6,9-11,15H2,1-2H3. The van der Waals surface area contributed by atoms with Gasteiger partial charge >= 0.3 is 0 Å². The highest BCUT2D eigenvalue weighted by molar-refractivity contribution is 5.58. The van der Waals surface area contributed by atoms with Crippen LogP contribution in [0, 0.1) is 0 Å². The largest absolute Gasteiger partial charge is 0.495 e. The first-order valence-corrected chi connectivity index (χ1v) is 6.28. The first kappa shape index (κ1) is 12.2. The van der Waals surface area contributed by atoms with Crippen molar-refractivity contribution in [2.45, 2.75) is 31.2 Å². The molecule has 1 fully saturated rings. The van der Waals surface area contributed by atoms with Crippen LogP contribution in [-0.2, 0) is 0 Å². The van der Waals surface area contributed by atoms with Gasteiger partial charge in [-0.2, -0.15) is 0 Å². The third-order valence-electron chi connectivity index (χ3n) is 3.65. The summed E-state index contributed by atoms with van der Waals surface area (Å²) in [5.74, 6) is 0.914. The van der Waals surface area contributed by atoms with Crippen molar-refractivity contribution in [3.05, 3.63) is 24.3 Å². The van der Waals surface area contributed by atoms with Gasteiger partial charge in [-0.15, -0.1) is 0 Å². The number of rotatable bonds is 4. The Bertz CT molecular complexity index is 372. The van der Waals surface area contributed by atoms with Gasteiger partial charge in [-0.1, -0.05) is 25.0 Å². The van der Waals surface area contributed by atoms with Crippen molar-refractivity contribution in [3.8, 4) is 5.75 Å². The molecule has 94 valence electrons. The molecule has 1 saturated carbocycles. The predicted molar refractivity (Wildman–Crippen MR) is 71.7 cm³/mol. The zero-order valence-electron chi connectivity index (χ0n) is 10.8. The van der Waals surface area contributed by atoms with E-state index in [1.54, 1.807) is 7.11 Å². The fourth-order valence-corrected chi connectivity index (χ4v) is 2.74. The van der Waals surface area contributed by atoms with Crippen LogP contribution >= 0.6 is 0 Å². The van der Waals surface area contributed by atoms with Crippen LogP contribution in [0.5, 0.6) is 5.75 Å². The molecule has 0 radical (unpaired) electrons. The third-order valence-corrected chi connectivity index (χ3v) is 3.65. The van der Waals surface area contributed by atoms with Crippen molar-refractivity contribution in [2.24, 2.45) is 5.73 Å². The Hall–Kier alpha value is -1.22. The summed E-state index contributed by atoms with van der Waals surface area (Å²) >= 11 is 0. The topological polar surface area (TPSA) is 38.5 Å². The molecule has 1 aliphatic rings. The van der Waals surface area contributed by atoms with Crippen LogP contribution < -0.4 is 15.4 Å². The Morgan fingerprint density at radius 2 is 1.94 bits per heavy atom. The summed E-state index contributed by atoms with van der Waals surface area (Å²) < 4.78 is 5.38. The molecule has 0 saturated heterocycles. The fourth-order valence-electron chi connectivity index (χ4n) is 2.74. The number of para-hydroxylation sites is 2. The molecule has 0 spiro atoms. The smallest absolute Gasteiger partial charge is 0.142 e. The lowest BCUT2D eigenvalue weighted by molar-refractivity contribution is 0.409. The number of hydrogen-bond donors (Lipinski definition) is 1. The van der Waals surface area contributed by atoms with Gasteiger partial charge < -0.3 is 15.4 Å². The van der Waals surface area contributed by atoms with Crippen molar-refractivity contribution in [1.82, 2.24) is 0 Å². The quantitative estimate of drug-likeness (QED) is 0.869. The lowest BCUT2D eigenvalue weighted by Crippen LogP contribution is -2.47. The number of benzene rings is 1. The van der Waals surface area contributed by atoms with Gasteiger partial charge in [0, 0.05) is 19.1 Å². The van der Waals surface area contributed by atoms with Gasteiger partial charge in [0.15, 0.2) is 0 Å². The predicted octanol–water partition coefficient (Wildman–Crippen LogP) is 2.40. The first-order chi connectivity index (χ1) is 8.14. The van der Waals surface area contributed by atoms with E-state index in [0.29, 0.717) is 0 Å². The van der Waals surface area contributed by atoms with Crippen molar-refractivity contribution in [3.63, 3.8) is 0 Å². The summed E-state index contributed by atoms with van der Waals surface area (Å²) in [7, 11) is 3.80. The molecule has 2 N–H and O–H groups in total. The summed E-state index contributed by atoms with van der Waals surface area (Å²) in [6, 6.07) is 8.09. The highest BCUT2D eigenvalue weighted by Gasteiger charge is 2.30. The molecule has 17 heavy (non-hydrogen) atoms. The highest BCUT2D eigenvalue weighted by Crippen LogP contribution is 2.32. The van der Waals surface area contributed by atoms with Crippen LogP contribution in [0.3, 0.4) is 0 Å². The molecule has 1 aromatic carbocycles. The molecular weight excluding hydrogens is 212 g/mol. The van der Waals surface area contributed by atoms with Crippen LogP contribution in [0.15, 0.2) is 24.3 Å². The molecule has 0 atom stereocenters. The molecule has 0 heterocycles. The lowest BCUT2D eigenvalue weighted by Gasteiger charge is -2.31. The van der Waals surface area contributed by atoms with Crippen LogP contribution in [0.1, 0.15) is 25.7 Å². The number of hydrogen-bond acceptors (Lipinski definition) is 3. The van der Waals surface area contributed by atoms with Crippen molar-refractivity contribution < 1.29 is 4.74 Å². The minimum absolute atomic E-state index is 0.0183. The van der Waals surface area contributed by atoms with Gasteiger partial charge in [-0.25, -0.2) is 0 Å². The molecule has 0 aliphatic heterocycles. The van der Waals surface area contributed by atoms with E-state index in [1.165, 1.54) is 12.8 Å². The van der Waals surface area contributed by atoms with E-state index in [2.05, 4.69) is 18.0 Å². The molecule has 0 unspecified atom stereocenters. The van der Waals surface area contributed by atoms with Crippen molar-refractivity contribution >= 4 is 5.69 Å². The summed E-state index contributed by atoms with van der Waals surface area (Å²) in [6.07, 6.45) is 4.78. The van der Waals surface area contributed by atoms with E-state index in [-0.39, 0.29) is 5.54 Å². The Kier molecular flexibility index (Phi) is 3.57. The van der Waals surface area contributed by atoms with E-state index in [0.717, 1.165) is 30.8 Å². The maximum absolute atomic E-state index is 6.41. The monoisotopic (exact) mass is 234 g/mol. The Morgan fingerprint density at radius 1 is 1.29 bits per heavy atom. The molecule has 3 heteroatoms. The van der Waals surface area contributed by atoms with Gasteiger partial charge in [0.1, 0.15) is 5.75 Å². The fraction of sp³-hybridized carbons (Fsp3) is 0.571. The number of anilines is 1. The second-order valence-electron chi connectivity index (χ2n) is 5.10. The molecule has 1 aromatic rings. The lowest BCUT2D eigenvalue weighted by atomic mass is 9.98. The number of nitrogens with two attached hydrogens (primary N) is 1. The van der Waals surface area contributed by atoms with Crippen LogP contribution in [0.25, 0.3) is 0 Å². The highest BCUT2D eigenvalue weighted by atomic mass is 16.5. The first-order valence-electron chi connectivity index (χ1n) is 6.28. The average Bonchev–Trinajstić information content (AvgIpc) is 2.75. The number of nitrogens with zero attached hydrogens (tertiary/aromatic N) is 1. The second-order valence-corrected chi connectivity index (χ2v) is 5.10. The number of ether oxygens (including phenoxy) is 1. The van der Waals surface area contributed by atoms with E-state index >= 15 is 0 Å². The molecule has 0 amide bonds. The van der Waals surface area contributed by atoms with Crippen molar-refractivity contribution in [2.75, 3.05) is 25.6 Å². The molecule has 3 nitrogen and oxygen atoms in total. The zero-order valence-corrected chi connectivity index (χ0v) is 10.8. The summed E-state index contributed by atoms with van der Waals surface area (Å²) in [4.78, 5) is 2.21. The number of likely N-dealkylation sites (N-methyl/N-ethyl adjacent to an activating group) is 1. The summed E-state index contributed by atoms with van der Waals surface area (Å²) in [5.41, 5.74) is 7.51. The molecule has 1 aliphatic carbocycles.